The molecule has 3 heterocycles. The lowest BCUT2D eigenvalue weighted by Crippen LogP contribution is -2.47. The molecule has 170 valence electrons. The molecule has 2 aromatic heterocycles. The Morgan fingerprint density at radius 2 is 1.82 bits per heavy atom. The minimum Gasteiger partial charge on any atom is -0.367 e. The second-order valence-electron chi connectivity index (χ2n) is 8.06. The number of piperazine rings is 1. The number of nitrogens with zero attached hydrogens (tertiary/aromatic N) is 4. The molecule has 1 saturated heterocycles. The largest absolute Gasteiger partial charge is 0.367 e. The number of hydrogen-bond donors (Lipinski definition) is 1. The molecule has 0 unspecified atom stereocenters. The van der Waals surface area contributed by atoms with Crippen LogP contribution in [0.15, 0.2) is 59.4 Å². The van der Waals surface area contributed by atoms with Crippen LogP contribution >= 0.6 is 11.3 Å². The van der Waals surface area contributed by atoms with Crippen LogP contribution in [0.1, 0.15) is 16.1 Å². The van der Waals surface area contributed by atoms with Gasteiger partial charge in [0.15, 0.2) is 4.96 Å². The number of carbonyl (C=O) groups is 1. The van der Waals surface area contributed by atoms with Crippen molar-refractivity contribution in [3.05, 3.63) is 75.6 Å². The van der Waals surface area contributed by atoms with E-state index in [4.69, 9.17) is 0 Å². The molecular formula is C24H24FN5O2S. The molecule has 1 fully saturated rings. The summed E-state index contributed by atoms with van der Waals surface area (Å²) in [5.74, 6) is -0.436. The average Bonchev–Trinajstić information content (AvgIpc) is 3.21. The molecule has 1 aliphatic rings. The van der Waals surface area contributed by atoms with Crippen molar-refractivity contribution in [2.45, 2.75) is 6.42 Å². The number of nitrogens with one attached hydrogen (secondary N) is 1. The first-order valence-electron chi connectivity index (χ1n) is 11.0. The van der Waals surface area contributed by atoms with Gasteiger partial charge in [-0.15, -0.1) is 0 Å². The molecule has 0 aliphatic carbocycles. The maximum atomic E-state index is 14.0. The van der Waals surface area contributed by atoms with E-state index >= 15 is 0 Å². The van der Waals surface area contributed by atoms with Crippen LogP contribution in [0.5, 0.6) is 0 Å². The van der Waals surface area contributed by atoms with Gasteiger partial charge in [-0.2, -0.15) is 0 Å². The maximum absolute atomic E-state index is 14.0. The Balaban J connectivity index is 1.13. The molecule has 5 rings (SSSR count). The SMILES string of the molecule is O=C(NCCCN1CCN(c2ccccc2F)CC1)c1cc(=O)n2c(nc3ccccc32)s1. The number of rotatable bonds is 6. The zero-order valence-electron chi connectivity index (χ0n) is 18.0. The number of para-hydroxylation sites is 3. The van der Waals surface area contributed by atoms with Gasteiger partial charge < -0.3 is 10.2 Å². The van der Waals surface area contributed by atoms with E-state index in [2.05, 4.69) is 20.1 Å². The van der Waals surface area contributed by atoms with Crippen molar-refractivity contribution >= 4 is 38.9 Å². The number of halogens is 1. The molecule has 1 aliphatic heterocycles. The van der Waals surface area contributed by atoms with Gasteiger partial charge in [0.2, 0.25) is 0 Å². The van der Waals surface area contributed by atoms with Gasteiger partial charge in [0.25, 0.3) is 11.5 Å². The average molecular weight is 466 g/mol. The van der Waals surface area contributed by atoms with Gasteiger partial charge in [-0.3, -0.25) is 18.9 Å². The summed E-state index contributed by atoms with van der Waals surface area (Å²) in [7, 11) is 0. The minimum atomic E-state index is -0.254. The van der Waals surface area contributed by atoms with Crippen LogP contribution in [-0.4, -0.2) is 59.5 Å². The normalized spacial score (nSPS) is 14.8. The first-order chi connectivity index (χ1) is 16.1. The molecule has 0 radical (unpaired) electrons. The van der Waals surface area contributed by atoms with Gasteiger partial charge in [-0.05, 0) is 37.2 Å². The van der Waals surface area contributed by atoms with Gasteiger partial charge in [0.05, 0.1) is 16.7 Å². The van der Waals surface area contributed by atoms with Crippen LogP contribution < -0.4 is 15.8 Å². The lowest BCUT2D eigenvalue weighted by atomic mass is 10.2. The molecule has 0 saturated carbocycles. The van der Waals surface area contributed by atoms with E-state index in [0.717, 1.165) is 50.2 Å². The first kappa shape index (κ1) is 21.5. The zero-order chi connectivity index (χ0) is 22.8. The minimum absolute atomic E-state index is 0.183. The topological polar surface area (TPSA) is 70.0 Å². The van der Waals surface area contributed by atoms with Gasteiger partial charge in [-0.1, -0.05) is 35.6 Å². The van der Waals surface area contributed by atoms with E-state index in [0.29, 0.717) is 22.1 Å². The molecule has 7 nitrogen and oxygen atoms in total. The van der Waals surface area contributed by atoms with Crippen LogP contribution in [-0.2, 0) is 0 Å². The van der Waals surface area contributed by atoms with Crippen molar-refractivity contribution < 1.29 is 9.18 Å². The highest BCUT2D eigenvalue weighted by atomic mass is 32.1. The number of aromatic nitrogens is 2. The molecule has 4 aromatic rings. The number of anilines is 1. The predicted molar refractivity (Wildman–Crippen MR) is 129 cm³/mol. The van der Waals surface area contributed by atoms with E-state index in [1.54, 1.807) is 6.07 Å². The van der Waals surface area contributed by atoms with Crippen molar-refractivity contribution in [2.24, 2.45) is 0 Å². The molecule has 0 atom stereocenters. The molecule has 1 N–H and O–H groups in total. The number of hydrogen-bond acceptors (Lipinski definition) is 6. The second kappa shape index (κ2) is 9.29. The van der Waals surface area contributed by atoms with E-state index < -0.39 is 0 Å². The Kier molecular flexibility index (Phi) is 6.06. The lowest BCUT2D eigenvalue weighted by Gasteiger charge is -2.36. The van der Waals surface area contributed by atoms with Gasteiger partial charge in [0.1, 0.15) is 10.7 Å². The highest BCUT2D eigenvalue weighted by Gasteiger charge is 2.19. The van der Waals surface area contributed by atoms with Crippen LogP contribution in [0.4, 0.5) is 10.1 Å². The van der Waals surface area contributed by atoms with Crippen LogP contribution in [0, 0.1) is 5.82 Å². The monoisotopic (exact) mass is 465 g/mol. The Morgan fingerprint density at radius 3 is 2.64 bits per heavy atom. The first-order valence-corrected chi connectivity index (χ1v) is 11.8. The Morgan fingerprint density at radius 1 is 1.06 bits per heavy atom. The summed E-state index contributed by atoms with van der Waals surface area (Å²) in [6.07, 6.45) is 0.801. The number of benzene rings is 2. The summed E-state index contributed by atoms with van der Waals surface area (Å²) in [6.45, 7) is 4.64. The van der Waals surface area contributed by atoms with Crippen molar-refractivity contribution in [3.63, 3.8) is 0 Å². The Labute approximate surface area is 194 Å². The zero-order valence-corrected chi connectivity index (χ0v) is 18.9. The molecule has 9 heteroatoms. The third-order valence-electron chi connectivity index (χ3n) is 5.93. The fourth-order valence-corrected chi connectivity index (χ4v) is 5.16. The maximum Gasteiger partial charge on any atom is 0.261 e. The molecule has 0 bridgehead atoms. The highest BCUT2D eigenvalue weighted by molar-refractivity contribution is 7.18. The third kappa shape index (κ3) is 4.46. The summed E-state index contributed by atoms with van der Waals surface area (Å²) in [5, 5.41) is 2.92. The lowest BCUT2D eigenvalue weighted by molar-refractivity contribution is 0.0955. The van der Waals surface area contributed by atoms with Gasteiger partial charge >= 0.3 is 0 Å². The summed E-state index contributed by atoms with van der Waals surface area (Å²) < 4.78 is 15.5. The van der Waals surface area contributed by atoms with Gasteiger partial charge in [0, 0.05) is 38.8 Å². The van der Waals surface area contributed by atoms with E-state index in [1.165, 1.54) is 27.9 Å². The number of carbonyl (C=O) groups excluding carboxylic acids is 1. The van der Waals surface area contributed by atoms with E-state index in [9.17, 15) is 14.0 Å². The molecule has 33 heavy (non-hydrogen) atoms. The summed E-state index contributed by atoms with van der Waals surface area (Å²) in [6, 6.07) is 15.7. The predicted octanol–water partition coefficient (Wildman–Crippen LogP) is 2.99. The molecule has 1 amide bonds. The van der Waals surface area contributed by atoms with E-state index in [1.807, 2.05) is 36.4 Å². The van der Waals surface area contributed by atoms with Crippen LogP contribution in [0.2, 0.25) is 0 Å². The molecular weight excluding hydrogens is 441 g/mol. The van der Waals surface area contributed by atoms with Crippen LogP contribution in [0.3, 0.4) is 0 Å². The Bertz CT molecular complexity index is 1360. The Hall–Kier alpha value is -3.30. The highest BCUT2D eigenvalue weighted by Crippen LogP contribution is 2.21. The fourth-order valence-electron chi connectivity index (χ4n) is 4.21. The number of imidazole rings is 1. The molecule has 0 spiro atoms. The quantitative estimate of drug-likeness (QED) is 0.444. The standard InChI is InChI=1S/C24H24FN5O2S/c25-17-6-1-3-8-19(17)29-14-12-28(13-15-29)11-5-10-26-23(32)21-16-22(31)30-20-9-4-2-7-18(20)27-24(30)33-21/h1-4,6-9,16H,5,10-15H2,(H,26,32). The van der Waals surface area contributed by atoms with Crippen molar-refractivity contribution in [1.82, 2.24) is 19.6 Å². The fraction of sp³-hybridized carbons (Fsp3) is 0.292. The van der Waals surface area contributed by atoms with Gasteiger partial charge in [-0.25, -0.2) is 9.37 Å². The summed E-state index contributed by atoms with van der Waals surface area (Å²) in [5.41, 5.74) is 1.88. The second-order valence-corrected chi connectivity index (χ2v) is 9.07. The van der Waals surface area contributed by atoms with E-state index in [-0.39, 0.29) is 17.3 Å². The van der Waals surface area contributed by atoms with Crippen molar-refractivity contribution in [1.29, 1.82) is 0 Å². The molecule has 2 aromatic carbocycles. The summed E-state index contributed by atoms with van der Waals surface area (Å²) in [4.78, 5) is 34.9. The third-order valence-corrected chi connectivity index (χ3v) is 6.91. The summed E-state index contributed by atoms with van der Waals surface area (Å²) >= 11 is 1.21. The van der Waals surface area contributed by atoms with Crippen molar-refractivity contribution in [3.8, 4) is 0 Å². The van der Waals surface area contributed by atoms with Crippen molar-refractivity contribution in [2.75, 3.05) is 44.2 Å². The smallest absolute Gasteiger partial charge is 0.261 e. The number of amides is 1. The van der Waals surface area contributed by atoms with Crippen LogP contribution in [0.25, 0.3) is 16.0 Å². The number of fused-ring (bicyclic) bond motifs is 3.